The average molecular weight is 472 g/mol. The van der Waals surface area contributed by atoms with Gasteiger partial charge in [0.25, 0.3) is 0 Å². The number of nitrogens with two attached hydrogens (primary N) is 1. The van der Waals surface area contributed by atoms with Crippen molar-refractivity contribution in [1.82, 2.24) is 4.98 Å². The largest absolute Gasteiger partial charge is 0.444 e. The summed E-state index contributed by atoms with van der Waals surface area (Å²) < 4.78 is 71.1. The summed E-state index contributed by atoms with van der Waals surface area (Å²) in [6.45, 7) is -1.21. The van der Waals surface area contributed by atoms with E-state index in [1.807, 2.05) is 0 Å². The Morgan fingerprint density at radius 3 is 2.25 bits per heavy atom. The highest BCUT2D eigenvalue weighted by Gasteiger charge is 2.26. The second-order valence-corrected chi connectivity index (χ2v) is 7.06. The van der Waals surface area contributed by atoms with Crippen LogP contribution in [-0.2, 0) is 22.6 Å². The Labute approximate surface area is 181 Å². The van der Waals surface area contributed by atoms with Crippen LogP contribution < -0.4 is 16.4 Å². The van der Waals surface area contributed by atoms with E-state index in [2.05, 4.69) is 20.4 Å². The Bertz CT molecular complexity index is 1160. The minimum absolute atomic E-state index is 0.0190. The molecule has 168 valence electrons. The second-order valence-electron chi connectivity index (χ2n) is 6.21. The Kier molecular flexibility index (Phi) is 6.88. The fourth-order valence-corrected chi connectivity index (χ4v) is 3.15. The van der Waals surface area contributed by atoms with Gasteiger partial charge in [-0.25, -0.2) is 31.7 Å². The molecule has 1 aromatic heterocycles. The van der Waals surface area contributed by atoms with Crippen molar-refractivity contribution in [2.45, 2.75) is 13.0 Å². The standard InChI is InChI=1S/C19H13F5N4O3S/c20-13-9(14(21)16(23)17(24)15(13)22)6-31-19(30)28-18-26-8(7-32-18)5-12(29)27-11-4-2-1-3-10(11)25/h1-4,7H,5-6,25H2,(H,27,29)(H,26,28,30). The minimum atomic E-state index is -2.32. The van der Waals surface area contributed by atoms with Crippen LogP contribution in [0.3, 0.4) is 0 Å². The molecule has 7 nitrogen and oxygen atoms in total. The van der Waals surface area contributed by atoms with Gasteiger partial charge in [-0.05, 0) is 12.1 Å². The van der Waals surface area contributed by atoms with Crippen molar-refractivity contribution < 1.29 is 36.3 Å². The van der Waals surface area contributed by atoms with Gasteiger partial charge in [0.05, 0.1) is 29.1 Å². The number of hydrogen-bond donors (Lipinski definition) is 3. The van der Waals surface area contributed by atoms with Gasteiger partial charge in [0.1, 0.15) is 6.61 Å². The molecule has 2 amide bonds. The highest BCUT2D eigenvalue weighted by atomic mass is 32.1. The number of carbonyl (C=O) groups excluding carboxylic acids is 2. The van der Waals surface area contributed by atoms with E-state index in [9.17, 15) is 31.5 Å². The van der Waals surface area contributed by atoms with Crippen LogP contribution >= 0.6 is 11.3 Å². The SMILES string of the molecule is Nc1ccccc1NC(=O)Cc1csc(NC(=O)OCc2c(F)c(F)c(F)c(F)c2F)n1. The summed E-state index contributed by atoms with van der Waals surface area (Å²) in [5.41, 5.74) is 5.52. The molecule has 0 radical (unpaired) electrons. The van der Waals surface area contributed by atoms with Gasteiger partial charge in [-0.3, -0.25) is 10.1 Å². The fourth-order valence-electron chi connectivity index (χ4n) is 2.45. The second kappa shape index (κ2) is 9.60. The lowest BCUT2D eigenvalue weighted by molar-refractivity contribution is -0.115. The van der Waals surface area contributed by atoms with Gasteiger partial charge in [-0.1, -0.05) is 12.1 Å². The molecule has 3 aromatic rings. The molecule has 0 saturated heterocycles. The van der Waals surface area contributed by atoms with E-state index in [0.29, 0.717) is 11.4 Å². The molecule has 4 N–H and O–H groups in total. The zero-order valence-electron chi connectivity index (χ0n) is 15.8. The summed E-state index contributed by atoms with van der Waals surface area (Å²) in [6.07, 6.45) is -1.40. The van der Waals surface area contributed by atoms with E-state index in [1.165, 1.54) is 5.38 Å². The van der Waals surface area contributed by atoms with Crippen molar-refractivity contribution >= 4 is 39.8 Å². The van der Waals surface area contributed by atoms with Gasteiger partial charge in [0.15, 0.2) is 28.4 Å². The molecule has 13 heteroatoms. The van der Waals surface area contributed by atoms with Crippen LogP contribution in [0.15, 0.2) is 29.6 Å². The van der Waals surface area contributed by atoms with Gasteiger partial charge >= 0.3 is 6.09 Å². The molecule has 2 aromatic carbocycles. The Morgan fingerprint density at radius 2 is 1.59 bits per heavy atom. The molecule has 32 heavy (non-hydrogen) atoms. The third-order valence-electron chi connectivity index (χ3n) is 3.99. The summed E-state index contributed by atoms with van der Waals surface area (Å²) >= 11 is 0.919. The first-order valence-corrected chi connectivity index (χ1v) is 9.58. The quantitative estimate of drug-likeness (QED) is 0.214. The summed E-state index contributed by atoms with van der Waals surface area (Å²) in [5, 5.41) is 6.18. The molecule has 0 aliphatic carbocycles. The van der Waals surface area contributed by atoms with E-state index in [0.717, 1.165) is 11.3 Å². The molecule has 0 bridgehead atoms. The maximum Gasteiger partial charge on any atom is 0.413 e. The van der Waals surface area contributed by atoms with Gasteiger partial charge in [-0.15, -0.1) is 11.3 Å². The lowest BCUT2D eigenvalue weighted by atomic mass is 10.2. The Balaban J connectivity index is 1.56. The first-order valence-electron chi connectivity index (χ1n) is 8.70. The topological polar surface area (TPSA) is 106 Å². The number of anilines is 3. The minimum Gasteiger partial charge on any atom is -0.444 e. The number of nitrogen functional groups attached to an aromatic ring is 1. The van der Waals surface area contributed by atoms with Crippen molar-refractivity contribution in [2.75, 3.05) is 16.4 Å². The number of nitrogens with one attached hydrogen (secondary N) is 2. The van der Waals surface area contributed by atoms with Crippen LogP contribution in [0, 0.1) is 29.1 Å². The van der Waals surface area contributed by atoms with Crippen molar-refractivity contribution in [3.8, 4) is 0 Å². The molecule has 0 aliphatic rings. The number of amides is 2. The molecule has 0 saturated carbocycles. The van der Waals surface area contributed by atoms with Crippen LogP contribution in [0.5, 0.6) is 0 Å². The Hall–Kier alpha value is -3.74. The number of carbonyl (C=O) groups is 2. The smallest absolute Gasteiger partial charge is 0.413 e. The highest BCUT2D eigenvalue weighted by Crippen LogP contribution is 2.24. The zero-order valence-corrected chi connectivity index (χ0v) is 16.7. The summed E-state index contributed by atoms with van der Waals surface area (Å²) in [4.78, 5) is 27.9. The zero-order chi connectivity index (χ0) is 23.4. The van der Waals surface area contributed by atoms with Gasteiger partial charge in [0.2, 0.25) is 11.7 Å². The van der Waals surface area contributed by atoms with Crippen LogP contribution in [0.1, 0.15) is 11.3 Å². The maximum absolute atomic E-state index is 13.6. The van der Waals surface area contributed by atoms with Crippen LogP contribution in [0.2, 0.25) is 0 Å². The maximum atomic E-state index is 13.6. The number of rotatable bonds is 6. The Morgan fingerprint density at radius 1 is 0.969 bits per heavy atom. The number of aromatic nitrogens is 1. The van der Waals surface area contributed by atoms with Crippen molar-refractivity contribution in [3.63, 3.8) is 0 Å². The van der Waals surface area contributed by atoms with Crippen LogP contribution in [-0.4, -0.2) is 17.0 Å². The fraction of sp³-hybridized carbons (Fsp3) is 0.105. The number of nitrogens with zero attached hydrogens (tertiary/aromatic N) is 1. The number of hydrogen-bond acceptors (Lipinski definition) is 6. The predicted molar refractivity (Wildman–Crippen MR) is 105 cm³/mol. The summed E-state index contributed by atoms with van der Waals surface area (Å²) in [6, 6.07) is 6.61. The lowest BCUT2D eigenvalue weighted by Crippen LogP contribution is -2.17. The number of thiazole rings is 1. The number of ether oxygens (including phenoxy) is 1. The number of halogens is 5. The van der Waals surface area contributed by atoms with E-state index in [1.54, 1.807) is 24.3 Å². The molecule has 3 rings (SSSR count). The molecule has 0 fully saturated rings. The normalized spacial score (nSPS) is 10.7. The lowest BCUT2D eigenvalue weighted by Gasteiger charge is -2.09. The molecule has 0 unspecified atom stereocenters. The highest BCUT2D eigenvalue weighted by molar-refractivity contribution is 7.13. The first kappa shape index (κ1) is 22.9. The summed E-state index contributed by atoms with van der Waals surface area (Å²) in [7, 11) is 0. The van der Waals surface area contributed by atoms with E-state index >= 15 is 0 Å². The van der Waals surface area contributed by atoms with Crippen molar-refractivity contribution in [3.05, 3.63) is 70.0 Å². The number of para-hydroxylation sites is 2. The molecule has 0 aliphatic heterocycles. The predicted octanol–water partition coefficient (Wildman–Crippen LogP) is 4.35. The van der Waals surface area contributed by atoms with Crippen LogP contribution in [0.25, 0.3) is 0 Å². The summed E-state index contributed by atoms with van der Waals surface area (Å²) in [5.74, 6) is -11.2. The molecule has 0 spiro atoms. The van der Waals surface area contributed by atoms with E-state index in [-0.39, 0.29) is 17.2 Å². The third kappa shape index (κ3) is 5.11. The third-order valence-corrected chi connectivity index (χ3v) is 4.79. The molecule has 0 atom stereocenters. The average Bonchev–Trinajstić information content (AvgIpc) is 3.18. The van der Waals surface area contributed by atoms with Crippen molar-refractivity contribution in [2.24, 2.45) is 0 Å². The number of benzene rings is 2. The van der Waals surface area contributed by atoms with E-state index < -0.39 is 53.3 Å². The van der Waals surface area contributed by atoms with Crippen molar-refractivity contribution in [1.29, 1.82) is 0 Å². The monoisotopic (exact) mass is 472 g/mol. The van der Waals surface area contributed by atoms with E-state index in [4.69, 9.17) is 5.73 Å². The van der Waals surface area contributed by atoms with Gasteiger partial charge in [-0.2, -0.15) is 0 Å². The van der Waals surface area contributed by atoms with Gasteiger partial charge < -0.3 is 15.8 Å². The molecule has 1 heterocycles. The molecular weight excluding hydrogens is 459 g/mol. The molecular formula is C19H13F5N4O3S. The van der Waals surface area contributed by atoms with Crippen LogP contribution in [0.4, 0.5) is 43.3 Å². The van der Waals surface area contributed by atoms with Gasteiger partial charge in [0, 0.05) is 5.38 Å². The first-order chi connectivity index (χ1) is 15.2.